The van der Waals surface area contributed by atoms with Crippen molar-refractivity contribution >= 4 is 11.8 Å². The summed E-state index contributed by atoms with van der Waals surface area (Å²) in [5, 5.41) is 7.34. The Balaban J connectivity index is 1.53. The van der Waals surface area contributed by atoms with Gasteiger partial charge < -0.3 is 10.2 Å². The molecule has 6 heteroatoms. The molecule has 2 amide bonds. The average molecular weight is 431 g/mol. The Morgan fingerprint density at radius 1 is 1.00 bits per heavy atom. The largest absolute Gasteiger partial charge is 0.343 e. The number of nitrogens with one attached hydrogen (secondary N) is 1. The van der Waals surface area contributed by atoms with E-state index in [1.54, 1.807) is 28.0 Å². The summed E-state index contributed by atoms with van der Waals surface area (Å²) < 4.78 is 1.60. The monoisotopic (exact) mass is 430 g/mol. The Kier molecular flexibility index (Phi) is 6.69. The van der Waals surface area contributed by atoms with Gasteiger partial charge in [0, 0.05) is 18.9 Å². The molecule has 1 N–H and O–H groups in total. The SMILES string of the molecule is CC(C)c1ccc([C@@H](NC(=O)[C@@H]2CCCN2C(=O)Cn2cccn2)c2ccccc2)cc1. The number of benzene rings is 2. The lowest BCUT2D eigenvalue weighted by Crippen LogP contribution is -2.47. The van der Waals surface area contributed by atoms with Crippen LogP contribution in [0.15, 0.2) is 73.1 Å². The fourth-order valence-corrected chi connectivity index (χ4v) is 4.28. The molecule has 1 aliphatic rings. The maximum Gasteiger partial charge on any atom is 0.244 e. The maximum absolute atomic E-state index is 13.4. The summed E-state index contributed by atoms with van der Waals surface area (Å²) in [4.78, 5) is 27.9. The van der Waals surface area contributed by atoms with Gasteiger partial charge in [0.05, 0.1) is 6.04 Å². The first-order chi connectivity index (χ1) is 15.5. The molecule has 166 valence electrons. The van der Waals surface area contributed by atoms with Gasteiger partial charge in [-0.1, -0.05) is 68.4 Å². The molecule has 32 heavy (non-hydrogen) atoms. The van der Waals surface area contributed by atoms with Gasteiger partial charge in [-0.3, -0.25) is 14.3 Å². The smallest absolute Gasteiger partial charge is 0.244 e. The van der Waals surface area contributed by atoms with Gasteiger partial charge in [-0.15, -0.1) is 0 Å². The van der Waals surface area contributed by atoms with Crippen molar-refractivity contribution in [2.45, 2.75) is 51.2 Å². The fourth-order valence-electron chi connectivity index (χ4n) is 4.28. The minimum Gasteiger partial charge on any atom is -0.343 e. The van der Waals surface area contributed by atoms with E-state index in [0.717, 1.165) is 17.5 Å². The van der Waals surface area contributed by atoms with E-state index in [4.69, 9.17) is 0 Å². The van der Waals surface area contributed by atoms with E-state index in [-0.39, 0.29) is 24.4 Å². The van der Waals surface area contributed by atoms with Gasteiger partial charge in [0.25, 0.3) is 0 Å². The molecule has 1 saturated heterocycles. The zero-order chi connectivity index (χ0) is 22.5. The van der Waals surface area contributed by atoms with Crippen molar-refractivity contribution in [2.24, 2.45) is 0 Å². The molecule has 4 rings (SSSR count). The maximum atomic E-state index is 13.4. The topological polar surface area (TPSA) is 67.2 Å². The number of likely N-dealkylation sites (tertiary alicyclic amines) is 1. The van der Waals surface area contributed by atoms with Crippen molar-refractivity contribution in [1.29, 1.82) is 0 Å². The van der Waals surface area contributed by atoms with Crippen LogP contribution in [-0.2, 0) is 16.1 Å². The van der Waals surface area contributed by atoms with E-state index < -0.39 is 6.04 Å². The minimum absolute atomic E-state index is 0.0797. The third-order valence-electron chi connectivity index (χ3n) is 6.09. The minimum atomic E-state index is -0.459. The third kappa shape index (κ3) is 4.90. The van der Waals surface area contributed by atoms with Crippen molar-refractivity contribution < 1.29 is 9.59 Å². The number of carbonyl (C=O) groups is 2. The number of rotatable bonds is 7. The molecule has 0 bridgehead atoms. The van der Waals surface area contributed by atoms with E-state index in [1.807, 2.05) is 30.3 Å². The highest BCUT2D eigenvalue weighted by Gasteiger charge is 2.35. The molecule has 0 radical (unpaired) electrons. The van der Waals surface area contributed by atoms with Crippen LogP contribution in [-0.4, -0.2) is 39.1 Å². The molecule has 3 aromatic rings. The van der Waals surface area contributed by atoms with Crippen LogP contribution in [0, 0.1) is 0 Å². The van der Waals surface area contributed by atoms with Gasteiger partial charge in [-0.05, 0) is 41.5 Å². The molecule has 0 aliphatic carbocycles. The Bertz CT molecular complexity index is 1030. The van der Waals surface area contributed by atoms with Crippen LogP contribution in [0.25, 0.3) is 0 Å². The summed E-state index contributed by atoms with van der Waals surface area (Å²) in [6.07, 6.45) is 4.90. The van der Waals surface area contributed by atoms with Gasteiger partial charge in [-0.2, -0.15) is 5.10 Å². The van der Waals surface area contributed by atoms with Gasteiger partial charge in [-0.25, -0.2) is 0 Å². The highest BCUT2D eigenvalue weighted by molar-refractivity contribution is 5.88. The number of hydrogen-bond acceptors (Lipinski definition) is 3. The van der Waals surface area contributed by atoms with E-state index in [2.05, 4.69) is 48.5 Å². The molecule has 1 aromatic heterocycles. The van der Waals surface area contributed by atoms with Crippen molar-refractivity contribution in [2.75, 3.05) is 6.54 Å². The normalized spacial score (nSPS) is 16.8. The van der Waals surface area contributed by atoms with Gasteiger partial charge in [0.15, 0.2) is 0 Å². The zero-order valence-electron chi connectivity index (χ0n) is 18.6. The van der Waals surface area contributed by atoms with Crippen LogP contribution in [0.4, 0.5) is 0 Å². The Morgan fingerprint density at radius 2 is 1.69 bits per heavy atom. The summed E-state index contributed by atoms with van der Waals surface area (Å²) in [6.45, 7) is 5.08. The van der Waals surface area contributed by atoms with Gasteiger partial charge in [0.1, 0.15) is 12.6 Å². The Morgan fingerprint density at radius 3 is 2.34 bits per heavy atom. The number of carbonyl (C=O) groups excluding carboxylic acids is 2. The predicted octanol–water partition coefficient (Wildman–Crippen LogP) is 3.90. The second-order valence-corrected chi connectivity index (χ2v) is 8.62. The molecule has 6 nitrogen and oxygen atoms in total. The van der Waals surface area contributed by atoms with Gasteiger partial charge >= 0.3 is 0 Å². The van der Waals surface area contributed by atoms with Crippen molar-refractivity contribution in [3.63, 3.8) is 0 Å². The van der Waals surface area contributed by atoms with Crippen LogP contribution >= 0.6 is 0 Å². The lowest BCUT2D eigenvalue weighted by atomic mass is 9.95. The molecule has 2 heterocycles. The van der Waals surface area contributed by atoms with Crippen LogP contribution < -0.4 is 5.32 Å². The molecular formula is C26H30N4O2. The van der Waals surface area contributed by atoms with E-state index in [1.165, 1.54) is 5.56 Å². The number of hydrogen-bond donors (Lipinski definition) is 1. The molecule has 1 fully saturated rings. The Labute approximate surface area is 189 Å². The molecule has 0 unspecified atom stereocenters. The highest BCUT2D eigenvalue weighted by Crippen LogP contribution is 2.26. The quantitative estimate of drug-likeness (QED) is 0.618. The summed E-state index contributed by atoms with van der Waals surface area (Å²) in [5.74, 6) is 0.253. The van der Waals surface area contributed by atoms with Crippen LogP contribution in [0.5, 0.6) is 0 Å². The van der Waals surface area contributed by atoms with E-state index in [9.17, 15) is 9.59 Å². The lowest BCUT2D eigenvalue weighted by molar-refractivity contribution is -0.139. The summed E-state index contributed by atoms with van der Waals surface area (Å²) >= 11 is 0. The molecule has 2 aromatic carbocycles. The number of amides is 2. The number of nitrogens with zero attached hydrogens (tertiary/aromatic N) is 3. The number of aromatic nitrogens is 2. The van der Waals surface area contributed by atoms with Crippen molar-refractivity contribution in [3.8, 4) is 0 Å². The molecule has 0 spiro atoms. The van der Waals surface area contributed by atoms with E-state index in [0.29, 0.717) is 18.9 Å². The summed E-state index contributed by atoms with van der Waals surface area (Å²) in [5.41, 5.74) is 3.31. The Hall–Kier alpha value is -3.41. The van der Waals surface area contributed by atoms with Gasteiger partial charge in [0.2, 0.25) is 11.8 Å². The average Bonchev–Trinajstić information content (AvgIpc) is 3.50. The second-order valence-electron chi connectivity index (χ2n) is 8.62. The van der Waals surface area contributed by atoms with Crippen LogP contribution in [0.3, 0.4) is 0 Å². The molecule has 0 saturated carbocycles. The summed E-state index contributed by atoms with van der Waals surface area (Å²) in [7, 11) is 0. The highest BCUT2D eigenvalue weighted by atomic mass is 16.2. The lowest BCUT2D eigenvalue weighted by Gasteiger charge is -2.27. The standard InChI is InChI=1S/C26H30N4O2/c1-19(2)20-11-13-22(14-12-20)25(21-8-4-3-5-9-21)28-26(32)23-10-6-17-30(23)24(31)18-29-16-7-15-27-29/h3-5,7-9,11-16,19,23,25H,6,10,17-18H2,1-2H3,(H,28,32)/t23-,25-/m0/s1. The first-order valence-electron chi connectivity index (χ1n) is 11.2. The van der Waals surface area contributed by atoms with E-state index >= 15 is 0 Å². The second kappa shape index (κ2) is 9.81. The zero-order valence-corrected chi connectivity index (χ0v) is 18.6. The van der Waals surface area contributed by atoms with Crippen molar-refractivity contribution in [1.82, 2.24) is 20.0 Å². The molecule has 1 aliphatic heterocycles. The summed E-state index contributed by atoms with van der Waals surface area (Å²) in [6, 6.07) is 19.5. The van der Waals surface area contributed by atoms with Crippen molar-refractivity contribution in [3.05, 3.63) is 89.7 Å². The first kappa shape index (κ1) is 21.8. The van der Waals surface area contributed by atoms with Crippen LogP contribution in [0.1, 0.15) is 55.3 Å². The molecular weight excluding hydrogens is 400 g/mol. The van der Waals surface area contributed by atoms with Crippen LogP contribution in [0.2, 0.25) is 0 Å². The predicted molar refractivity (Wildman–Crippen MR) is 124 cm³/mol. The molecule has 2 atom stereocenters. The first-order valence-corrected chi connectivity index (χ1v) is 11.2. The third-order valence-corrected chi connectivity index (χ3v) is 6.09. The fraction of sp³-hybridized carbons (Fsp3) is 0.346.